The lowest BCUT2D eigenvalue weighted by Crippen LogP contribution is -2.40. The third-order valence-electron chi connectivity index (χ3n) is 2.83. The van der Waals surface area contributed by atoms with Crippen LogP contribution in [-0.2, 0) is 14.8 Å². The Morgan fingerprint density at radius 1 is 1.43 bits per heavy atom. The van der Waals surface area contributed by atoms with E-state index >= 15 is 0 Å². The number of amides is 1. The van der Waals surface area contributed by atoms with Crippen LogP contribution in [0.2, 0.25) is 0 Å². The number of carbonyl (C=O) groups excluding carboxylic acids is 1. The maximum absolute atomic E-state index is 12.6. The summed E-state index contributed by atoms with van der Waals surface area (Å²) < 4.78 is 26.4. The number of nitrogens with two attached hydrogens (primary N) is 1. The molecule has 0 spiro atoms. The summed E-state index contributed by atoms with van der Waals surface area (Å²) in [5.74, 6) is -0.363. The maximum Gasteiger partial charge on any atom is 0.243 e. The quantitative estimate of drug-likeness (QED) is 0.709. The van der Waals surface area contributed by atoms with E-state index in [-0.39, 0.29) is 28.9 Å². The number of benzene rings is 1. The van der Waals surface area contributed by atoms with Gasteiger partial charge in [-0.25, -0.2) is 8.42 Å². The standard InChI is InChI=1S/C13H19N3O3S2/c1-3-7-16(9-12(17)15-2)21(18,19)11-6-4-5-10(8-11)13(14)20/h4-6,8H,3,7,9H2,1-2H3,(H2,14,20)(H,15,17). The largest absolute Gasteiger partial charge is 0.389 e. The fraction of sp³-hybridized carbons (Fsp3) is 0.385. The molecule has 0 aliphatic heterocycles. The number of nitrogens with zero attached hydrogens (tertiary/aromatic N) is 1. The second kappa shape index (κ2) is 7.48. The molecule has 0 aliphatic rings. The van der Waals surface area contributed by atoms with Crippen LogP contribution in [0.15, 0.2) is 29.2 Å². The van der Waals surface area contributed by atoms with E-state index in [0.29, 0.717) is 12.0 Å². The Labute approximate surface area is 130 Å². The topological polar surface area (TPSA) is 92.5 Å². The minimum atomic E-state index is -3.77. The van der Waals surface area contributed by atoms with E-state index in [1.165, 1.54) is 19.2 Å². The molecule has 0 fully saturated rings. The SMILES string of the molecule is CCCN(CC(=O)NC)S(=O)(=O)c1cccc(C(N)=S)c1. The Hall–Kier alpha value is -1.51. The zero-order valence-corrected chi connectivity index (χ0v) is 13.6. The summed E-state index contributed by atoms with van der Waals surface area (Å²) in [6.45, 7) is 1.88. The predicted molar refractivity (Wildman–Crippen MR) is 85.4 cm³/mol. The van der Waals surface area contributed by atoms with Crippen molar-refractivity contribution in [1.29, 1.82) is 0 Å². The molecule has 0 aromatic heterocycles. The minimum Gasteiger partial charge on any atom is -0.389 e. The molecule has 1 aromatic carbocycles. The van der Waals surface area contributed by atoms with Crippen LogP contribution in [0.4, 0.5) is 0 Å². The van der Waals surface area contributed by atoms with Crippen molar-refractivity contribution in [3.8, 4) is 0 Å². The molecule has 0 saturated carbocycles. The highest BCUT2D eigenvalue weighted by molar-refractivity contribution is 7.89. The molecular weight excluding hydrogens is 310 g/mol. The van der Waals surface area contributed by atoms with E-state index in [1.54, 1.807) is 12.1 Å². The van der Waals surface area contributed by atoms with Gasteiger partial charge in [-0.3, -0.25) is 4.79 Å². The summed E-state index contributed by atoms with van der Waals surface area (Å²) in [5, 5.41) is 2.42. The van der Waals surface area contributed by atoms with Crippen LogP contribution >= 0.6 is 12.2 Å². The molecule has 1 amide bonds. The molecule has 0 radical (unpaired) electrons. The van der Waals surface area contributed by atoms with Gasteiger partial charge in [0.2, 0.25) is 15.9 Å². The Bertz CT molecular complexity index is 629. The molecule has 1 rings (SSSR count). The summed E-state index contributed by atoms with van der Waals surface area (Å²) in [5.41, 5.74) is 6.00. The molecule has 8 heteroatoms. The van der Waals surface area contributed by atoms with Crippen molar-refractivity contribution in [2.24, 2.45) is 5.73 Å². The average Bonchev–Trinajstić information content (AvgIpc) is 2.46. The van der Waals surface area contributed by atoms with Crippen LogP contribution in [0.1, 0.15) is 18.9 Å². The van der Waals surface area contributed by atoms with E-state index in [0.717, 1.165) is 4.31 Å². The fourth-order valence-corrected chi connectivity index (χ4v) is 3.39. The summed E-state index contributed by atoms with van der Waals surface area (Å²) in [6.07, 6.45) is 0.602. The molecule has 116 valence electrons. The first-order valence-electron chi connectivity index (χ1n) is 6.43. The average molecular weight is 329 g/mol. The third kappa shape index (κ3) is 4.48. The van der Waals surface area contributed by atoms with Gasteiger partial charge in [-0.15, -0.1) is 0 Å². The normalized spacial score (nSPS) is 11.4. The highest BCUT2D eigenvalue weighted by Crippen LogP contribution is 2.17. The number of carbonyl (C=O) groups is 1. The molecule has 0 saturated heterocycles. The summed E-state index contributed by atoms with van der Waals surface area (Å²) in [6, 6.07) is 6.10. The van der Waals surface area contributed by atoms with Gasteiger partial charge in [0.1, 0.15) is 4.99 Å². The van der Waals surface area contributed by atoms with Gasteiger partial charge in [0.05, 0.1) is 11.4 Å². The number of hydrogen-bond donors (Lipinski definition) is 2. The van der Waals surface area contributed by atoms with Crippen LogP contribution < -0.4 is 11.1 Å². The number of rotatable bonds is 7. The van der Waals surface area contributed by atoms with Crippen molar-refractivity contribution >= 4 is 33.1 Å². The summed E-state index contributed by atoms with van der Waals surface area (Å²) in [7, 11) is -2.30. The van der Waals surface area contributed by atoms with Crippen LogP contribution in [0.3, 0.4) is 0 Å². The van der Waals surface area contributed by atoms with Crippen molar-refractivity contribution in [3.63, 3.8) is 0 Å². The van der Waals surface area contributed by atoms with Gasteiger partial charge in [-0.2, -0.15) is 4.31 Å². The van der Waals surface area contributed by atoms with Gasteiger partial charge in [-0.1, -0.05) is 31.3 Å². The molecule has 21 heavy (non-hydrogen) atoms. The number of hydrogen-bond acceptors (Lipinski definition) is 4. The predicted octanol–water partition coefficient (Wildman–Crippen LogP) is 0.468. The molecule has 0 aliphatic carbocycles. The van der Waals surface area contributed by atoms with E-state index in [4.69, 9.17) is 18.0 Å². The third-order valence-corrected chi connectivity index (χ3v) is 4.91. The van der Waals surface area contributed by atoms with E-state index < -0.39 is 10.0 Å². The van der Waals surface area contributed by atoms with Crippen molar-refractivity contribution in [2.75, 3.05) is 20.1 Å². The molecule has 0 atom stereocenters. The minimum absolute atomic E-state index is 0.0742. The van der Waals surface area contributed by atoms with Gasteiger partial charge in [-0.05, 0) is 18.6 Å². The highest BCUT2D eigenvalue weighted by Gasteiger charge is 2.25. The monoisotopic (exact) mass is 329 g/mol. The van der Waals surface area contributed by atoms with Crippen molar-refractivity contribution in [1.82, 2.24) is 9.62 Å². The van der Waals surface area contributed by atoms with Crippen LogP contribution in [0, 0.1) is 0 Å². The molecule has 3 N–H and O–H groups in total. The van der Waals surface area contributed by atoms with E-state index in [2.05, 4.69) is 5.32 Å². The Morgan fingerprint density at radius 2 is 2.10 bits per heavy atom. The Kier molecular flexibility index (Phi) is 6.25. The Balaban J connectivity index is 3.19. The smallest absolute Gasteiger partial charge is 0.243 e. The van der Waals surface area contributed by atoms with E-state index in [9.17, 15) is 13.2 Å². The molecule has 6 nitrogen and oxygen atoms in total. The zero-order chi connectivity index (χ0) is 16.0. The van der Waals surface area contributed by atoms with Gasteiger partial charge >= 0.3 is 0 Å². The lowest BCUT2D eigenvalue weighted by molar-refractivity contribution is -0.120. The number of nitrogens with one attached hydrogen (secondary N) is 1. The first-order valence-corrected chi connectivity index (χ1v) is 8.28. The van der Waals surface area contributed by atoms with Gasteiger partial charge in [0.25, 0.3) is 0 Å². The van der Waals surface area contributed by atoms with Crippen LogP contribution in [0.5, 0.6) is 0 Å². The first-order chi connectivity index (χ1) is 9.82. The zero-order valence-electron chi connectivity index (χ0n) is 12.0. The second-order valence-electron chi connectivity index (χ2n) is 4.40. The molecule has 0 bridgehead atoms. The number of sulfonamides is 1. The van der Waals surface area contributed by atoms with Crippen molar-refractivity contribution < 1.29 is 13.2 Å². The Morgan fingerprint density at radius 3 is 2.62 bits per heavy atom. The lowest BCUT2D eigenvalue weighted by atomic mass is 10.2. The molecule has 0 heterocycles. The van der Waals surface area contributed by atoms with E-state index in [1.807, 2.05) is 6.92 Å². The number of thiocarbonyl (C=S) groups is 1. The second-order valence-corrected chi connectivity index (χ2v) is 6.78. The van der Waals surface area contributed by atoms with Crippen LogP contribution in [-0.4, -0.2) is 43.8 Å². The first kappa shape index (κ1) is 17.5. The number of likely N-dealkylation sites (N-methyl/N-ethyl adjacent to an activating group) is 1. The van der Waals surface area contributed by atoms with Gasteiger partial charge in [0, 0.05) is 19.2 Å². The molecule has 0 unspecified atom stereocenters. The molecular formula is C13H19N3O3S2. The summed E-state index contributed by atoms with van der Waals surface area (Å²) in [4.78, 5) is 11.7. The maximum atomic E-state index is 12.6. The highest BCUT2D eigenvalue weighted by atomic mass is 32.2. The lowest BCUT2D eigenvalue weighted by Gasteiger charge is -2.21. The van der Waals surface area contributed by atoms with Gasteiger partial charge < -0.3 is 11.1 Å². The molecule has 1 aromatic rings. The fourth-order valence-electron chi connectivity index (χ4n) is 1.73. The van der Waals surface area contributed by atoms with Gasteiger partial charge in [0.15, 0.2) is 0 Å². The van der Waals surface area contributed by atoms with Crippen LogP contribution in [0.25, 0.3) is 0 Å². The van der Waals surface area contributed by atoms with Crippen molar-refractivity contribution in [3.05, 3.63) is 29.8 Å². The summed E-state index contributed by atoms with van der Waals surface area (Å²) >= 11 is 4.86. The van der Waals surface area contributed by atoms with Crippen molar-refractivity contribution in [2.45, 2.75) is 18.2 Å².